The maximum Gasteiger partial charge on any atom is 0.110 e. The fourth-order valence-corrected chi connectivity index (χ4v) is 8.65. The molecular weight excluding hydrogens is 315 g/mol. The molecule has 2 nitrogen and oxygen atoms in total. The van der Waals surface area contributed by atoms with Gasteiger partial charge in [-0.3, -0.25) is 0 Å². The van der Waals surface area contributed by atoms with Gasteiger partial charge in [-0.1, -0.05) is 59.3 Å². The molecule has 0 heterocycles. The van der Waals surface area contributed by atoms with Crippen LogP contribution in [0.3, 0.4) is 0 Å². The van der Waals surface area contributed by atoms with Crippen LogP contribution in [-0.2, 0) is 0 Å². The molecule has 1 atom stereocenters. The van der Waals surface area contributed by atoms with Crippen molar-refractivity contribution in [1.82, 2.24) is 0 Å². The molecule has 3 heteroatoms. The van der Waals surface area contributed by atoms with E-state index in [2.05, 4.69) is 20.8 Å². The summed E-state index contributed by atoms with van der Waals surface area (Å²) in [6.07, 6.45) is 20.4. The lowest BCUT2D eigenvalue weighted by Crippen LogP contribution is -2.24. The number of aliphatic hydroxyl groups excluding tert-OH is 2. The summed E-state index contributed by atoms with van der Waals surface area (Å²) in [6, 6.07) is 0. The molecule has 1 unspecified atom stereocenters. The summed E-state index contributed by atoms with van der Waals surface area (Å²) in [6.45, 7) is 6.76. The molecule has 0 aliphatic carbocycles. The van der Waals surface area contributed by atoms with Crippen molar-refractivity contribution in [3.63, 3.8) is 0 Å². The number of hydrogen-bond donors (Lipinski definition) is 2. The van der Waals surface area contributed by atoms with E-state index in [0.29, 0.717) is 0 Å². The molecule has 2 N–H and O–H groups in total. The Morgan fingerprint density at radius 1 is 0.625 bits per heavy atom. The summed E-state index contributed by atoms with van der Waals surface area (Å²) in [5, 5.41) is 19.6. The van der Waals surface area contributed by atoms with Crippen molar-refractivity contribution in [3.05, 3.63) is 0 Å². The molecule has 0 amide bonds. The van der Waals surface area contributed by atoms with E-state index in [1.54, 1.807) is 0 Å². The van der Waals surface area contributed by atoms with Gasteiger partial charge in [-0.25, -0.2) is 0 Å². The fourth-order valence-electron chi connectivity index (χ4n) is 3.74. The third kappa shape index (κ3) is 12.7. The summed E-state index contributed by atoms with van der Waals surface area (Å²) in [4.78, 5) is 0. The minimum Gasteiger partial charge on any atom is -0.394 e. The summed E-state index contributed by atoms with van der Waals surface area (Å²) < 4.78 is 0. The van der Waals surface area contributed by atoms with Gasteiger partial charge in [-0.2, -0.15) is 0 Å². The van der Waals surface area contributed by atoms with E-state index >= 15 is 0 Å². The highest BCUT2D eigenvalue weighted by atomic mass is 31.2. The van der Waals surface area contributed by atoms with Crippen molar-refractivity contribution in [3.8, 4) is 0 Å². The predicted molar refractivity (Wildman–Crippen MR) is 112 cm³/mol. The lowest BCUT2D eigenvalue weighted by atomic mass is 10.2. The lowest BCUT2D eigenvalue weighted by Gasteiger charge is -2.30. The largest absolute Gasteiger partial charge is 0.394 e. The van der Waals surface area contributed by atoms with Crippen LogP contribution in [0.5, 0.6) is 0 Å². The summed E-state index contributed by atoms with van der Waals surface area (Å²) in [5.41, 5.74) is 0. The first-order chi connectivity index (χ1) is 11.6. The van der Waals surface area contributed by atoms with Crippen LogP contribution < -0.4 is 0 Å². The second-order valence-electron chi connectivity index (χ2n) is 7.71. The third-order valence-electron chi connectivity index (χ3n) is 5.27. The maximum absolute atomic E-state index is 10.2. The summed E-state index contributed by atoms with van der Waals surface area (Å²) >= 11 is 0. The summed E-state index contributed by atoms with van der Waals surface area (Å²) in [5.74, 6) is 0. The van der Waals surface area contributed by atoms with Gasteiger partial charge < -0.3 is 10.2 Å². The number of hydrogen-bond acceptors (Lipinski definition) is 2. The average molecular weight is 362 g/mol. The van der Waals surface area contributed by atoms with E-state index in [9.17, 15) is 10.2 Å². The van der Waals surface area contributed by atoms with Gasteiger partial charge in [0.05, 0.1) is 31.3 Å². The first kappa shape index (κ1) is 24.4. The molecule has 0 aliphatic rings. The van der Waals surface area contributed by atoms with Gasteiger partial charge in [0.1, 0.15) is 6.10 Å². The van der Waals surface area contributed by atoms with E-state index in [1.807, 2.05) is 0 Å². The Morgan fingerprint density at radius 2 is 1.00 bits per heavy atom. The van der Waals surface area contributed by atoms with Crippen molar-refractivity contribution < 1.29 is 10.2 Å². The Morgan fingerprint density at radius 3 is 1.29 bits per heavy atom. The van der Waals surface area contributed by atoms with Crippen LogP contribution in [0.4, 0.5) is 0 Å². The second-order valence-corrected chi connectivity index (χ2v) is 12.1. The molecule has 0 saturated heterocycles. The van der Waals surface area contributed by atoms with Crippen molar-refractivity contribution in [2.24, 2.45) is 0 Å². The minimum atomic E-state index is -1.10. The van der Waals surface area contributed by atoms with E-state index in [0.717, 1.165) is 6.16 Å². The van der Waals surface area contributed by atoms with Gasteiger partial charge in [0, 0.05) is 7.26 Å². The highest BCUT2D eigenvalue weighted by Gasteiger charge is 2.37. The standard InChI is InChI=1S/C21H46O2P/c1-4-7-10-13-16-24(20-21(23)19-22,17-14-11-8-5-2)18-15-12-9-6-3/h21-23H,4-20H2,1-3H3/q+1. The smallest absolute Gasteiger partial charge is 0.110 e. The second kappa shape index (κ2) is 16.8. The number of aliphatic hydroxyl groups is 2. The molecule has 0 rings (SSSR count). The van der Waals surface area contributed by atoms with E-state index < -0.39 is 13.4 Å². The van der Waals surface area contributed by atoms with E-state index in [4.69, 9.17) is 0 Å². The minimum absolute atomic E-state index is 0.0549. The van der Waals surface area contributed by atoms with Gasteiger partial charge in [-0.05, 0) is 38.5 Å². The quantitative estimate of drug-likeness (QED) is 0.229. The van der Waals surface area contributed by atoms with E-state index in [1.165, 1.54) is 95.5 Å². The van der Waals surface area contributed by atoms with Gasteiger partial charge in [0.25, 0.3) is 0 Å². The Kier molecular flexibility index (Phi) is 17.0. The average Bonchev–Trinajstić information content (AvgIpc) is 2.59. The highest BCUT2D eigenvalue weighted by molar-refractivity contribution is 7.75. The van der Waals surface area contributed by atoms with Crippen molar-refractivity contribution in [1.29, 1.82) is 0 Å². The topological polar surface area (TPSA) is 40.5 Å². The van der Waals surface area contributed by atoms with Crippen molar-refractivity contribution in [2.75, 3.05) is 31.3 Å². The molecule has 0 aromatic carbocycles. The molecule has 24 heavy (non-hydrogen) atoms. The van der Waals surface area contributed by atoms with Crippen LogP contribution in [-0.4, -0.2) is 47.6 Å². The molecule has 0 aromatic heterocycles. The molecule has 0 bridgehead atoms. The molecular formula is C21H46O2P+. The number of rotatable bonds is 18. The Labute approximate surface area is 153 Å². The molecule has 0 radical (unpaired) electrons. The summed E-state index contributed by atoms with van der Waals surface area (Å²) in [7, 11) is -1.10. The maximum atomic E-state index is 10.2. The number of unbranched alkanes of at least 4 members (excludes halogenated alkanes) is 9. The zero-order chi connectivity index (χ0) is 18.1. The molecule has 0 saturated carbocycles. The van der Waals surface area contributed by atoms with Crippen molar-refractivity contribution in [2.45, 2.75) is 104 Å². The SMILES string of the molecule is CCCCCC[P+](CCCCCC)(CCCCCC)CC(O)CO. The zero-order valence-electron chi connectivity index (χ0n) is 16.9. The van der Waals surface area contributed by atoms with Crippen LogP contribution >= 0.6 is 7.26 Å². The van der Waals surface area contributed by atoms with Gasteiger partial charge >= 0.3 is 0 Å². The lowest BCUT2D eigenvalue weighted by molar-refractivity contribution is 0.112. The van der Waals surface area contributed by atoms with E-state index in [-0.39, 0.29) is 6.61 Å². The predicted octanol–water partition coefficient (Wildman–Crippen LogP) is 6.10. The third-order valence-corrected chi connectivity index (χ3v) is 10.3. The highest BCUT2D eigenvalue weighted by Crippen LogP contribution is 2.61. The Balaban J connectivity index is 4.71. The van der Waals surface area contributed by atoms with Crippen LogP contribution in [0.15, 0.2) is 0 Å². The first-order valence-electron chi connectivity index (χ1n) is 10.8. The molecule has 0 spiro atoms. The van der Waals surface area contributed by atoms with Gasteiger partial charge in [-0.15, -0.1) is 0 Å². The normalized spacial score (nSPS) is 13.4. The van der Waals surface area contributed by atoms with Crippen LogP contribution in [0.2, 0.25) is 0 Å². The van der Waals surface area contributed by atoms with Crippen LogP contribution in [0.1, 0.15) is 97.8 Å². The van der Waals surface area contributed by atoms with Gasteiger partial charge in [0.15, 0.2) is 0 Å². The molecule has 0 aliphatic heterocycles. The molecule has 0 fully saturated rings. The zero-order valence-corrected chi connectivity index (χ0v) is 17.8. The Hall–Kier alpha value is 0.350. The van der Waals surface area contributed by atoms with Crippen molar-refractivity contribution >= 4 is 7.26 Å². The van der Waals surface area contributed by atoms with Crippen LogP contribution in [0, 0.1) is 0 Å². The van der Waals surface area contributed by atoms with Gasteiger partial charge in [0.2, 0.25) is 0 Å². The molecule has 146 valence electrons. The first-order valence-corrected chi connectivity index (χ1v) is 13.3. The van der Waals surface area contributed by atoms with Crippen LogP contribution in [0.25, 0.3) is 0 Å². The Bertz CT molecular complexity index is 227. The monoisotopic (exact) mass is 361 g/mol. The fraction of sp³-hybridized carbons (Fsp3) is 1.00. The molecule has 0 aromatic rings.